The topological polar surface area (TPSA) is 79.5 Å². The smallest absolute Gasteiger partial charge is 0.279 e. The van der Waals surface area contributed by atoms with Crippen molar-refractivity contribution >= 4 is 56.4 Å². The lowest BCUT2D eigenvalue weighted by Gasteiger charge is -2.11. The molecule has 126 valence electrons. The van der Waals surface area contributed by atoms with Crippen LogP contribution in [0.15, 0.2) is 40.2 Å². The number of thiocarbonyl (C=S) groups is 1. The van der Waals surface area contributed by atoms with Crippen LogP contribution in [-0.4, -0.2) is 23.5 Å². The van der Waals surface area contributed by atoms with Crippen LogP contribution in [0.5, 0.6) is 5.75 Å². The minimum Gasteiger partial charge on any atom is -0.483 e. The first-order valence-electron chi connectivity index (χ1n) is 6.78. The van der Waals surface area contributed by atoms with Crippen LogP contribution in [0.25, 0.3) is 0 Å². The fraction of sp³-hybridized carbons (Fsp3) is 0.133. The van der Waals surface area contributed by atoms with Crippen LogP contribution in [0.2, 0.25) is 0 Å². The van der Waals surface area contributed by atoms with Gasteiger partial charge in [0.25, 0.3) is 11.8 Å². The highest BCUT2D eigenvalue weighted by molar-refractivity contribution is 9.10. The molecule has 0 bridgehead atoms. The molecule has 0 spiro atoms. The number of amides is 2. The highest BCUT2D eigenvalue weighted by atomic mass is 79.9. The SMILES string of the molecule is Cc1ccc(OCC(=O)NC(=S)NNC(=O)c2cccs2)c(Br)c1. The van der Waals surface area contributed by atoms with Gasteiger partial charge in [0, 0.05) is 0 Å². The number of hydrazine groups is 1. The van der Waals surface area contributed by atoms with Gasteiger partial charge in [0.15, 0.2) is 11.7 Å². The molecule has 2 aromatic rings. The standard InChI is InChI=1S/C15H14BrN3O3S2/c1-9-4-5-11(10(16)7-9)22-8-13(20)17-15(23)19-18-14(21)12-3-2-6-24-12/h2-7H,8H2,1H3,(H,18,21)(H2,17,19,20,23). The zero-order valence-corrected chi connectivity index (χ0v) is 15.8. The molecule has 0 saturated carbocycles. The van der Waals surface area contributed by atoms with Gasteiger partial charge in [-0.1, -0.05) is 12.1 Å². The molecule has 9 heteroatoms. The number of benzene rings is 1. The number of aryl methyl sites for hydroxylation is 1. The molecule has 1 aromatic heterocycles. The van der Waals surface area contributed by atoms with Gasteiger partial charge in [-0.15, -0.1) is 11.3 Å². The number of carbonyl (C=O) groups is 2. The maximum absolute atomic E-state index is 11.8. The van der Waals surface area contributed by atoms with E-state index in [4.69, 9.17) is 17.0 Å². The monoisotopic (exact) mass is 427 g/mol. The van der Waals surface area contributed by atoms with E-state index in [-0.39, 0.29) is 17.6 Å². The largest absolute Gasteiger partial charge is 0.483 e. The van der Waals surface area contributed by atoms with Gasteiger partial charge >= 0.3 is 0 Å². The van der Waals surface area contributed by atoms with Gasteiger partial charge in [0.1, 0.15) is 5.75 Å². The second-order valence-corrected chi connectivity index (χ2v) is 6.87. The molecule has 2 amide bonds. The Morgan fingerprint density at radius 2 is 2.08 bits per heavy atom. The Bertz CT molecular complexity index is 750. The lowest BCUT2D eigenvalue weighted by Crippen LogP contribution is -2.49. The molecule has 24 heavy (non-hydrogen) atoms. The van der Waals surface area contributed by atoms with Crippen molar-refractivity contribution in [2.75, 3.05) is 6.61 Å². The average Bonchev–Trinajstić information content (AvgIpc) is 3.06. The number of carbonyl (C=O) groups excluding carboxylic acids is 2. The quantitative estimate of drug-likeness (QED) is 0.515. The van der Waals surface area contributed by atoms with Crippen molar-refractivity contribution < 1.29 is 14.3 Å². The van der Waals surface area contributed by atoms with Crippen molar-refractivity contribution in [1.82, 2.24) is 16.2 Å². The van der Waals surface area contributed by atoms with E-state index in [2.05, 4.69) is 32.1 Å². The van der Waals surface area contributed by atoms with Gasteiger partial charge in [0.05, 0.1) is 9.35 Å². The minimum absolute atomic E-state index is 0.0172. The molecule has 0 unspecified atom stereocenters. The fourth-order valence-corrected chi connectivity index (χ4v) is 3.03. The van der Waals surface area contributed by atoms with Crippen LogP contribution in [0, 0.1) is 6.92 Å². The first-order valence-corrected chi connectivity index (χ1v) is 8.86. The molecular formula is C15H14BrN3O3S2. The number of nitrogens with one attached hydrogen (secondary N) is 3. The fourth-order valence-electron chi connectivity index (χ4n) is 1.64. The van der Waals surface area contributed by atoms with Crippen LogP contribution < -0.4 is 20.9 Å². The molecule has 3 N–H and O–H groups in total. The Morgan fingerprint density at radius 1 is 1.29 bits per heavy atom. The number of rotatable bonds is 4. The summed E-state index contributed by atoms with van der Waals surface area (Å²) < 4.78 is 6.17. The number of halogens is 1. The lowest BCUT2D eigenvalue weighted by atomic mass is 10.2. The predicted molar refractivity (Wildman–Crippen MR) is 100 cm³/mol. The Balaban J connectivity index is 1.73. The van der Waals surface area contributed by atoms with Crippen molar-refractivity contribution in [2.45, 2.75) is 6.92 Å². The summed E-state index contributed by atoms with van der Waals surface area (Å²) in [7, 11) is 0. The third-order valence-electron chi connectivity index (χ3n) is 2.73. The maximum Gasteiger partial charge on any atom is 0.279 e. The van der Waals surface area contributed by atoms with Crippen molar-refractivity contribution in [3.05, 3.63) is 50.6 Å². The van der Waals surface area contributed by atoms with E-state index in [1.165, 1.54) is 11.3 Å². The van der Waals surface area contributed by atoms with Gasteiger partial charge in [-0.3, -0.25) is 25.8 Å². The van der Waals surface area contributed by atoms with Gasteiger partial charge in [-0.05, 0) is 64.2 Å². The molecule has 2 rings (SSSR count). The lowest BCUT2D eigenvalue weighted by molar-refractivity contribution is -0.121. The van der Waals surface area contributed by atoms with Crippen LogP contribution in [0.3, 0.4) is 0 Å². The van der Waals surface area contributed by atoms with Gasteiger partial charge in [-0.2, -0.15) is 0 Å². The van der Waals surface area contributed by atoms with Crippen LogP contribution in [-0.2, 0) is 4.79 Å². The summed E-state index contributed by atoms with van der Waals surface area (Å²) in [5.41, 5.74) is 5.93. The average molecular weight is 428 g/mol. The molecule has 0 aliphatic rings. The summed E-state index contributed by atoms with van der Waals surface area (Å²) >= 11 is 9.60. The minimum atomic E-state index is -0.439. The van der Waals surface area contributed by atoms with E-state index in [1.54, 1.807) is 23.6 Å². The molecule has 6 nitrogen and oxygen atoms in total. The highest BCUT2D eigenvalue weighted by Gasteiger charge is 2.10. The van der Waals surface area contributed by atoms with E-state index >= 15 is 0 Å². The number of hydrogen-bond donors (Lipinski definition) is 3. The van der Waals surface area contributed by atoms with E-state index in [1.807, 2.05) is 19.1 Å². The maximum atomic E-state index is 11.8. The van der Waals surface area contributed by atoms with Gasteiger partial charge in [0.2, 0.25) is 0 Å². The molecule has 1 heterocycles. The summed E-state index contributed by atoms with van der Waals surface area (Å²) in [5.74, 6) is -0.215. The molecule has 1 aromatic carbocycles. The second-order valence-electron chi connectivity index (χ2n) is 4.66. The number of thiophene rings is 1. The third-order valence-corrected chi connectivity index (χ3v) is 4.43. The summed E-state index contributed by atoms with van der Waals surface area (Å²) in [6.07, 6.45) is 0. The molecule has 0 aliphatic heterocycles. The zero-order chi connectivity index (χ0) is 17.5. The second kappa shape index (κ2) is 8.76. The van der Waals surface area contributed by atoms with Crippen molar-refractivity contribution in [2.24, 2.45) is 0 Å². The summed E-state index contributed by atoms with van der Waals surface area (Å²) in [5, 5.41) is 4.18. The van der Waals surface area contributed by atoms with Crippen molar-refractivity contribution in [3.8, 4) is 5.75 Å². The normalized spacial score (nSPS) is 9.92. The summed E-state index contributed by atoms with van der Waals surface area (Å²) in [6.45, 7) is 1.75. The van der Waals surface area contributed by atoms with Crippen molar-refractivity contribution in [1.29, 1.82) is 0 Å². The molecular weight excluding hydrogens is 414 g/mol. The first-order chi connectivity index (χ1) is 11.5. The summed E-state index contributed by atoms with van der Waals surface area (Å²) in [4.78, 5) is 24.0. The molecule has 0 fully saturated rings. The Hall–Kier alpha value is -1.97. The van der Waals surface area contributed by atoms with E-state index in [0.717, 1.165) is 10.0 Å². The Kier molecular flexibility index (Phi) is 6.71. The molecule has 0 atom stereocenters. The van der Waals surface area contributed by atoms with Crippen LogP contribution >= 0.6 is 39.5 Å². The number of ether oxygens (including phenoxy) is 1. The van der Waals surface area contributed by atoms with Crippen LogP contribution in [0.4, 0.5) is 0 Å². The molecule has 0 radical (unpaired) electrons. The first kappa shape index (κ1) is 18.4. The Labute approximate surface area is 156 Å². The third kappa shape index (κ3) is 5.59. The highest BCUT2D eigenvalue weighted by Crippen LogP contribution is 2.25. The molecule has 0 saturated heterocycles. The van der Waals surface area contributed by atoms with Crippen LogP contribution in [0.1, 0.15) is 15.2 Å². The molecule has 0 aliphatic carbocycles. The van der Waals surface area contributed by atoms with E-state index in [9.17, 15) is 9.59 Å². The Morgan fingerprint density at radius 3 is 2.75 bits per heavy atom. The van der Waals surface area contributed by atoms with E-state index < -0.39 is 5.91 Å². The number of hydrogen-bond acceptors (Lipinski definition) is 5. The zero-order valence-electron chi connectivity index (χ0n) is 12.6. The van der Waals surface area contributed by atoms with E-state index in [0.29, 0.717) is 10.6 Å². The van der Waals surface area contributed by atoms with Gasteiger partial charge < -0.3 is 4.74 Å². The summed E-state index contributed by atoms with van der Waals surface area (Å²) in [6, 6.07) is 8.98. The van der Waals surface area contributed by atoms with Crippen molar-refractivity contribution in [3.63, 3.8) is 0 Å². The van der Waals surface area contributed by atoms with Gasteiger partial charge in [-0.25, -0.2) is 0 Å². The predicted octanol–water partition coefficient (Wildman–Crippen LogP) is 2.53.